The summed E-state index contributed by atoms with van der Waals surface area (Å²) >= 11 is 1.26. The van der Waals surface area contributed by atoms with Crippen LogP contribution in [-0.2, 0) is 26.1 Å². The Morgan fingerprint density at radius 1 is 1.09 bits per heavy atom. The highest BCUT2D eigenvalue weighted by Gasteiger charge is 2.19. The molecule has 0 aliphatic rings. The Balaban J connectivity index is 1.62. The van der Waals surface area contributed by atoms with Crippen LogP contribution in [0.4, 0.5) is 5.00 Å². The van der Waals surface area contributed by atoms with E-state index in [1.807, 2.05) is 19.1 Å². The summed E-state index contributed by atoms with van der Waals surface area (Å²) in [6.07, 6.45) is 0. The molecule has 0 aliphatic heterocycles. The minimum atomic E-state index is -3.86. The number of rotatable bonds is 8. The molecule has 0 fully saturated rings. The molecule has 3 rings (SSSR count). The molecular formula is C23H21N3O5S2. The molecule has 33 heavy (non-hydrogen) atoms. The van der Waals surface area contributed by atoms with Gasteiger partial charge in [-0.3, -0.25) is 4.79 Å². The fraction of sp³-hybridized carbons (Fsp3) is 0.174. The maximum atomic E-state index is 12.6. The Morgan fingerprint density at radius 2 is 1.82 bits per heavy atom. The average Bonchev–Trinajstić information content (AvgIpc) is 3.08. The van der Waals surface area contributed by atoms with Crippen LogP contribution in [0.5, 0.6) is 0 Å². The van der Waals surface area contributed by atoms with Gasteiger partial charge < -0.3 is 10.1 Å². The number of aryl methyl sites for hydroxylation is 1. The first-order chi connectivity index (χ1) is 15.7. The van der Waals surface area contributed by atoms with Crippen molar-refractivity contribution in [1.29, 1.82) is 5.26 Å². The van der Waals surface area contributed by atoms with Crippen molar-refractivity contribution in [3.05, 3.63) is 81.7 Å². The largest absolute Gasteiger partial charge is 0.452 e. The van der Waals surface area contributed by atoms with E-state index < -0.39 is 28.5 Å². The van der Waals surface area contributed by atoms with Gasteiger partial charge in [-0.05, 0) is 43.2 Å². The van der Waals surface area contributed by atoms with Crippen LogP contribution >= 0.6 is 11.3 Å². The van der Waals surface area contributed by atoms with Crippen LogP contribution in [0.1, 0.15) is 31.9 Å². The van der Waals surface area contributed by atoms with Gasteiger partial charge in [0.05, 0.1) is 16.0 Å². The minimum Gasteiger partial charge on any atom is -0.452 e. The second-order valence-electron chi connectivity index (χ2n) is 7.06. The lowest BCUT2D eigenvalue weighted by molar-refractivity contribution is -0.119. The predicted octanol–water partition coefficient (Wildman–Crippen LogP) is 3.51. The van der Waals surface area contributed by atoms with Crippen molar-refractivity contribution in [3.8, 4) is 6.07 Å². The second kappa shape index (κ2) is 10.4. The van der Waals surface area contributed by atoms with Crippen molar-refractivity contribution in [2.75, 3.05) is 11.9 Å². The SMILES string of the molecule is Cc1sc(NC(=O)COC(=O)c2cccc(S(=O)(=O)NCc3ccccc3)c2)c(C#N)c1C. The molecule has 0 atom stereocenters. The van der Waals surface area contributed by atoms with Gasteiger partial charge >= 0.3 is 5.97 Å². The Hall–Kier alpha value is -3.52. The minimum absolute atomic E-state index is 0.00841. The first-order valence-corrected chi connectivity index (χ1v) is 12.1. The molecule has 2 aromatic carbocycles. The summed E-state index contributed by atoms with van der Waals surface area (Å²) < 4.78 is 32.7. The molecule has 10 heteroatoms. The fourth-order valence-corrected chi connectivity index (χ4v) is 4.96. The van der Waals surface area contributed by atoms with Crippen LogP contribution < -0.4 is 10.0 Å². The molecular weight excluding hydrogens is 462 g/mol. The molecule has 1 aromatic heterocycles. The van der Waals surface area contributed by atoms with E-state index in [-0.39, 0.29) is 17.0 Å². The number of thiophene rings is 1. The topological polar surface area (TPSA) is 125 Å². The molecule has 1 heterocycles. The van der Waals surface area contributed by atoms with E-state index in [1.165, 1.54) is 35.6 Å². The number of hydrogen-bond acceptors (Lipinski definition) is 7. The van der Waals surface area contributed by atoms with Gasteiger partial charge in [-0.2, -0.15) is 5.26 Å². The lowest BCUT2D eigenvalue weighted by Gasteiger charge is -2.09. The van der Waals surface area contributed by atoms with Crippen LogP contribution in [0.15, 0.2) is 59.5 Å². The number of carbonyl (C=O) groups excluding carboxylic acids is 2. The molecule has 3 aromatic rings. The Kier molecular flexibility index (Phi) is 7.60. The Labute approximate surface area is 195 Å². The molecule has 0 saturated carbocycles. The molecule has 8 nitrogen and oxygen atoms in total. The Bertz CT molecular complexity index is 1330. The van der Waals surface area contributed by atoms with Gasteiger partial charge in [-0.1, -0.05) is 36.4 Å². The van der Waals surface area contributed by atoms with Crippen molar-refractivity contribution in [2.24, 2.45) is 0 Å². The highest BCUT2D eigenvalue weighted by Crippen LogP contribution is 2.31. The zero-order valence-electron chi connectivity index (χ0n) is 17.9. The zero-order valence-corrected chi connectivity index (χ0v) is 19.5. The van der Waals surface area contributed by atoms with E-state index in [4.69, 9.17) is 4.74 Å². The number of nitrogens with one attached hydrogen (secondary N) is 2. The lowest BCUT2D eigenvalue weighted by atomic mass is 10.2. The number of carbonyl (C=O) groups is 2. The van der Waals surface area contributed by atoms with E-state index in [1.54, 1.807) is 31.2 Å². The van der Waals surface area contributed by atoms with Crippen molar-refractivity contribution < 1.29 is 22.7 Å². The number of nitrogens with zero attached hydrogens (tertiary/aromatic N) is 1. The number of amides is 1. The van der Waals surface area contributed by atoms with Crippen LogP contribution in [-0.4, -0.2) is 26.9 Å². The number of anilines is 1. The molecule has 0 spiro atoms. The maximum Gasteiger partial charge on any atom is 0.338 e. The normalized spacial score (nSPS) is 10.9. The van der Waals surface area contributed by atoms with E-state index in [0.717, 1.165) is 16.0 Å². The monoisotopic (exact) mass is 483 g/mol. The summed E-state index contributed by atoms with van der Waals surface area (Å²) in [4.78, 5) is 25.4. The first-order valence-electron chi connectivity index (χ1n) is 9.82. The summed E-state index contributed by atoms with van der Waals surface area (Å²) in [6, 6.07) is 16.4. The molecule has 0 unspecified atom stereocenters. The number of esters is 1. The molecule has 170 valence electrons. The number of ether oxygens (including phenoxy) is 1. The van der Waals surface area contributed by atoms with Crippen LogP contribution in [0.3, 0.4) is 0 Å². The van der Waals surface area contributed by atoms with Gasteiger partial charge in [0, 0.05) is 11.4 Å². The van der Waals surface area contributed by atoms with E-state index in [0.29, 0.717) is 10.6 Å². The number of benzene rings is 2. The molecule has 0 bridgehead atoms. The van der Waals surface area contributed by atoms with Crippen LogP contribution in [0.25, 0.3) is 0 Å². The van der Waals surface area contributed by atoms with Gasteiger partial charge in [0.15, 0.2) is 6.61 Å². The third-order valence-electron chi connectivity index (χ3n) is 4.77. The quantitative estimate of drug-likeness (QED) is 0.472. The first kappa shape index (κ1) is 24.1. The van der Waals surface area contributed by atoms with Gasteiger partial charge in [-0.25, -0.2) is 17.9 Å². The van der Waals surface area contributed by atoms with Crippen molar-refractivity contribution in [2.45, 2.75) is 25.3 Å². The highest BCUT2D eigenvalue weighted by molar-refractivity contribution is 7.89. The van der Waals surface area contributed by atoms with Crippen molar-refractivity contribution >= 4 is 38.2 Å². The number of nitriles is 1. The summed E-state index contributed by atoms with van der Waals surface area (Å²) in [5.41, 5.74) is 1.94. The highest BCUT2D eigenvalue weighted by atomic mass is 32.2. The number of sulfonamides is 1. The Morgan fingerprint density at radius 3 is 2.52 bits per heavy atom. The van der Waals surface area contributed by atoms with Gasteiger partial charge in [-0.15, -0.1) is 11.3 Å². The summed E-state index contributed by atoms with van der Waals surface area (Å²) in [5, 5.41) is 12.2. The fourth-order valence-electron chi connectivity index (χ4n) is 2.87. The molecule has 0 radical (unpaired) electrons. The van der Waals surface area contributed by atoms with Crippen molar-refractivity contribution in [3.63, 3.8) is 0 Å². The van der Waals surface area contributed by atoms with E-state index >= 15 is 0 Å². The third-order valence-corrected chi connectivity index (χ3v) is 7.30. The molecule has 1 amide bonds. The second-order valence-corrected chi connectivity index (χ2v) is 10.1. The smallest absolute Gasteiger partial charge is 0.338 e. The summed E-state index contributed by atoms with van der Waals surface area (Å²) in [5.74, 6) is -1.45. The van der Waals surface area contributed by atoms with Gasteiger partial charge in [0.25, 0.3) is 5.91 Å². The van der Waals surface area contributed by atoms with Crippen molar-refractivity contribution in [1.82, 2.24) is 4.72 Å². The summed E-state index contributed by atoms with van der Waals surface area (Å²) in [6.45, 7) is 3.15. The average molecular weight is 484 g/mol. The zero-order chi connectivity index (χ0) is 24.0. The lowest BCUT2D eigenvalue weighted by Crippen LogP contribution is -2.24. The van der Waals surface area contributed by atoms with Gasteiger partial charge in [0.2, 0.25) is 10.0 Å². The standard InChI is InChI=1S/C23H21N3O5S2/c1-15-16(2)32-22(20(15)12-24)26-21(27)14-31-23(28)18-9-6-10-19(11-18)33(29,30)25-13-17-7-4-3-5-8-17/h3-11,25H,13-14H2,1-2H3,(H,26,27). The predicted molar refractivity (Wildman–Crippen MR) is 124 cm³/mol. The molecule has 2 N–H and O–H groups in total. The van der Waals surface area contributed by atoms with E-state index in [9.17, 15) is 23.3 Å². The third kappa shape index (κ3) is 6.04. The molecule has 0 aliphatic carbocycles. The van der Waals surface area contributed by atoms with Crippen LogP contribution in [0.2, 0.25) is 0 Å². The van der Waals surface area contributed by atoms with Crippen LogP contribution in [0, 0.1) is 25.2 Å². The van der Waals surface area contributed by atoms with Gasteiger partial charge in [0.1, 0.15) is 11.1 Å². The molecule has 0 saturated heterocycles. The van der Waals surface area contributed by atoms with E-state index in [2.05, 4.69) is 10.0 Å². The number of hydrogen-bond donors (Lipinski definition) is 2. The maximum absolute atomic E-state index is 12.6. The summed E-state index contributed by atoms with van der Waals surface area (Å²) in [7, 11) is -3.86.